The zero-order valence-corrected chi connectivity index (χ0v) is 5.83. The fraction of sp³-hybridized carbons (Fsp3) is 0.167. The summed E-state index contributed by atoms with van der Waals surface area (Å²) in [6, 6.07) is 2.25. The monoisotopic (exact) mass is 154 g/mol. The number of hydrogen-bond donors (Lipinski definition) is 1. The molecular weight excluding hydrogens is 148 g/mol. The highest BCUT2D eigenvalue weighted by atomic mass is 16.6. The number of nitrogens with zero attached hydrogens (tertiary/aromatic N) is 1. The van der Waals surface area contributed by atoms with Crippen molar-refractivity contribution < 1.29 is 4.92 Å². The Kier molecular flexibility index (Phi) is 1.72. The molecule has 0 radical (unpaired) electrons. The van der Waals surface area contributed by atoms with Gasteiger partial charge >= 0.3 is 5.82 Å². The van der Waals surface area contributed by atoms with Crippen LogP contribution in [-0.4, -0.2) is 9.91 Å². The van der Waals surface area contributed by atoms with Crippen LogP contribution in [0.2, 0.25) is 0 Å². The maximum Gasteiger partial charge on any atom is 0.324 e. The van der Waals surface area contributed by atoms with Gasteiger partial charge in [0.25, 0.3) is 0 Å². The molecule has 0 aromatic carbocycles. The fourth-order valence-corrected chi connectivity index (χ4v) is 0.762. The molecule has 1 heterocycles. The first kappa shape index (κ1) is 7.46. The van der Waals surface area contributed by atoms with Gasteiger partial charge in [-0.2, -0.15) is 0 Å². The number of pyridine rings is 1. The van der Waals surface area contributed by atoms with E-state index >= 15 is 0 Å². The molecule has 0 saturated carbocycles. The molecule has 0 spiro atoms. The van der Waals surface area contributed by atoms with Gasteiger partial charge in [0.2, 0.25) is 0 Å². The van der Waals surface area contributed by atoms with Crippen LogP contribution in [0.1, 0.15) is 5.69 Å². The van der Waals surface area contributed by atoms with Crippen molar-refractivity contribution in [1.82, 2.24) is 4.98 Å². The van der Waals surface area contributed by atoms with Crippen molar-refractivity contribution in [2.75, 3.05) is 0 Å². The minimum absolute atomic E-state index is 0.269. The van der Waals surface area contributed by atoms with Crippen LogP contribution in [0.5, 0.6) is 0 Å². The van der Waals surface area contributed by atoms with Crippen LogP contribution >= 0.6 is 0 Å². The largest absolute Gasteiger partial charge is 0.358 e. The van der Waals surface area contributed by atoms with Crippen LogP contribution < -0.4 is 5.43 Å². The van der Waals surface area contributed by atoms with Gasteiger partial charge in [-0.1, -0.05) is 0 Å². The van der Waals surface area contributed by atoms with Crippen molar-refractivity contribution in [3.8, 4) is 0 Å². The summed E-state index contributed by atoms with van der Waals surface area (Å²) < 4.78 is 0. The van der Waals surface area contributed by atoms with Crippen molar-refractivity contribution in [3.63, 3.8) is 0 Å². The van der Waals surface area contributed by atoms with Gasteiger partial charge in [0, 0.05) is 6.07 Å². The molecule has 0 aliphatic rings. The van der Waals surface area contributed by atoms with E-state index in [-0.39, 0.29) is 11.2 Å². The maximum atomic E-state index is 10.7. The van der Waals surface area contributed by atoms with Crippen molar-refractivity contribution in [3.05, 3.63) is 38.2 Å². The molecule has 5 nitrogen and oxygen atoms in total. The van der Waals surface area contributed by atoms with E-state index in [9.17, 15) is 14.9 Å². The number of aromatic amines is 1. The highest BCUT2D eigenvalue weighted by Gasteiger charge is 2.04. The summed E-state index contributed by atoms with van der Waals surface area (Å²) >= 11 is 0. The molecule has 0 fully saturated rings. The average Bonchev–Trinajstić information content (AvgIpc) is 1.85. The van der Waals surface area contributed by atoms with Crippen LogP contribution in [0.4, 0.5) is 5.82 Å². The number of nitro groups is 1. The first-order valence-corrected chi connectivity index (χ1v) is 2.95. The molecule has 58 valence electrons. The number of nitrogens with one attached hydrogen (secondary N) is 1. The lowest BCUT2D eigenvalue weighted by atomic mass is 10.4. The number of hydrogen-bond acceptors (Lipinski definition) is 3. The second-order valence-corrected chi connectivity index (χ2v) is 2.14. The molecule has 0 bridgehead atoms. The van der Waals surface area contributed by atoms with E-state index in [2.05, 4.69) is 4.98 Å². The molecule has 0 atom stereocenters. The van der Waals surface area contributed by atoms with Gasteiger partial charge < -0.3 is 10.1 Å². The fourth-order valence-electron chi connectivity index (χ4n) is 0.762. The van der Waals surface area contributed by atoms with Gasteiger partial charge in [0.1, 0.15) is 5.69 Å². The van der Waals surface area contributed by atoms with Crippen LogP contribution in [0.3, 0.4) is 0 Å². The van der Waals surface area contributed by atoms with E-state index < -0.39 is 4.92 Å². The lowest BCUT2D eigenvalue weighted by Crippen LogP contribution is -2.03. The Morgan fingerprint density at radius 2 is 2.18 bits per heavy atom. The predicted molar refractivity (Wildman–Crippen MR) is 38.5 cm³/mol. The van der Waals surface area contributed by atoms with E-state index in [0.717, 1.165) is 6.07 Å². The zero-order valence-electron chi connectivity index (χ0n) is 5.83. The summed E-state index contributed by atoms with van der Waals surface area (Å²) in [6.45, 7) is 1.59. The Labute approximate surface area is 61.8 Å². The molecule has 0 aliphatic carbocycles. The van der Waals surface area contributed by atoms with Gasteiger partial charge in [-0.15, -0.1) is 0 Å². The molecule has 1 aromatic rings. The normalized spacial score (nSPS) is 9.55. The molecule has 1 rings (SSSR count). The predicted octanol–water partition coefficient (Wildman–Crippen LogP) is 0.592. The highest BCUT2D eigenvalue weighted by molar-refractivity contribution is 5.20. The van der Waals surface area contributed by atoms with Gasteiger partial charge in [-0.05, 0) is 11.8 Å². The lowest BCUT2D eigenvalue weighted by Gasteiger charge is -1.93. The quantitative estimate of drug-likeness (QED) is 0.475. The number of aryl methyl sites for hydroxylation is 1. The summed E-state index contributed by atoms with van der Waals surface area (Å²) in [6.07, 6.45) is 0. The third-order valence-corrected chi connectivity index (χ3v) is 1.16. The summed E-state index contributed by atoms with van der Waals surface area (Å²) in [5, 5.41) is 10.1. The lowest BCUT2D eigenvalue weighted by molar-refractivity contribution is -0.389. The molecular formula is C6H6N2O3. The van der Waals surface area contributed by atoms with Gasteiger partial charge in [0.15, 0.2) is 5.43 Å². The van der Waals surface area contributed by atoms with Crippen LogP contribution in [0.25, 0.3) is 0 Å². The molecule has 0 amide bonds. The Balaban J connectivity index is 3.30. The van der Waals surface area contributed by atoms with Gasteiger partial charge in [-0.3, -0.25) is 4.79 Å². The summed E-state index contributed by atoms with van der Waals surface area (Å²) in [5.74, 6) is -0.269. The van der Waals surface area contributed by atoms with Crippen molar-refractivity contribution >= 4 is 5.82 Å². The van der Waals surface area contributed by atoms with Gasteiger partial charge in [0.05, 0.1) is 6.07 Å². The summed E-state index contributed by atoms with van der Waals surface area (Å²) in [7, 11) is 0. The molecule has 0 aliphatic heterocycles. The standard InChI is InChI=1S/C6H6N2O3/c1-4-2-5(9)3-6(7-4)8(10)11/h2-3H,1H3,(H,7,9). The third kappa shape index (κ3) is 1.64. The number of aromatic nitrogens is 1. The first-order chi connectivity index (χ1) is 5.09. The average molecular weight is 154 g/mol. The number of H-pyrrole nitrogens is 1. The minimum Gasteiger partial charge on any atom is -0.358 e. The van der Waals surface area contributed by atoms with Gasteiger partial charge in [-0.25, -0.2) is 4.98 Å². The van der Waals surface area contributed by atoms with E-state index in [1.54, 1.807) is 6.92 Å². The minimum atomic E-state index is -0.631. The number of rotatable bonds is 1. The van der Waals surface area contributed by atoms with E-state index in [1.807, 2.05) is 0 Å². The second kappa shape index (κ2) is 2.53. The first-order valence-electron chi connectivity index (χ1n) is 2.95. The second-order valence-electron chi connectivity index (χ2n) is 2.14. The van der Waals surface area contributed by atoms with E-state index in [0.29, 0.717) is 5.69 Å². The Bertz CT molecular complexity index is 342. The van der Waals surface area contributed by atoms with Crippen molar-refractivity contribution in [1.29, 1.82) is 0 Å². The van der Waals surface area contributed by atoms with E-state index in [4.69, 9.17) is 0 Å². The SMILES string of the molecule is Cc1cc(=O)cc([N+](=O)[O-])[nH]1. The maximum absolute atomic E-state index is 10.7. The van der Waals surface area contributed by atoms with Crippen LogP contribution in [0.15, 0.2) is 16.9 Å². The third-order valence-electron chi connectivity index (χ3n) is 1.16. The van der Waals surface area contributed by atoms with Crippen LogP contribution in [0, 0.1) is 17.0 Å². The summed E-state index contributed by atoms with van der Waals surface area (Å²) in [4.78, 5) is 22.6. The molecule has 1 aromatic heterocycles. The van der Waals surface area contributed by atoms with Crippen molar-refractivity contribution in [2.24, 2.45) is 0 Å². The molecule has 5 heteroatoms. The molecule has 0 unspecified atom stereocenters. The Morgan fingerprint density at radius 1 is 1.55 bits per heavy atom. The topological polar surface area (TPSA) is 76.0 Å². The van der Waals surface area contributed by atoms with Crippen molar-refractivity contribution in [2.45, 2.75) is 6.92 Å². The Morgan fingerprint density at radius 3 is 2.64 bits per heavy atom. The molecule has 0 saturated heterocycles. The smallest absolute Gasteiger partial charge is 0.324 e. The zero-order chi connectivity index (χ0) is 8.43. The molecule has 1 N–H and O–H groups in total. The molecule has 11 heavy (non-hydrogen) atoms. The highest BCUT2D eigenvalue weighted by Crippen LogP contribution is 2.01. The summed E-state index contributed by atoms with van der Waals surface area (Å²) in [5.41, 5.74) is 0.136. The van der Waals surface area contributed by atoms with E-state index in [1.165, 1.54) is 6.07 Å². The Hall–Kier alpha value is -1.65. The van der Waals surface area contributed by atoms with Crippen LogP contribution in [-0.2, 0) is 0 Å².